The third-order valence-electron chi connectivity index (χ3n) is 6.83. The maximum atomic E-state index is 12.4. The number of nitrogens with one attached hydrogen (secondary N) is 1. The van der Waals surface area contributed by atoms with E-state index >= 15 is 0 Å². The number of hydrogen-bond acceptors (Lipinski definition) is 4. The van der Waals surface area contributed by atoms with E-state index in [0.29, 0.717) is 25.6 Å². The van der Waals surface area contributed by atoms with Gasteiger partial charge in [-0.3, -0.25) is 9.59 Å². The predicted molar refractivity (Wildman–Crippen MR) is 112 cm³/mol. The highest BCUT2D eigenvalue weighted by atomic mass is 16.5. The molecule has 0 spiro atoms. The lowest BCUT2D eigenvalue weighted by Gasteiger charge is -2.45. The van der Waals surface area contributed by atoms with Crippen molar-refractivity contribution in [2.75, 3.05) is 32.8 Å². The number of hydrogen-bond donors (Lipinski definition) is 1. The quantitative estimate of drug-likeness (QED) is 0.794. The molecule has 1 aromatic rings. The minimum Gasteiger partial charge on any atom is -0.365 e. The Bertz CT molecular complexity index is 726. The van der Waals surface area contributed by atoms with Gasteiger partial charge in [-0.15, -0.1) is 0 Å². The highest BCUT2D eigenvalue weighted by Gasteiger charge is 2.35. The number of aryl methyl sites for hydroxylation is 1. The van der Waals surface area contributed by atoms with Crippen LogP contribution in [0.1, 0.15) is 43.2 Å². The molecule has 6 nitrogen and oxygen atoms in total. The zero-order chi connectivity index (χ0) is 20.2. The molecule has 1 atom stereocenters. The van der Waals surface area contributed by atoms with Gasteiger partial charge in [0.05, 0.1) is 12.5 Å². The number of ether oxygens (including phenoxy) is 1. The number of piperidine rings is 1. The molecule has 1 saturated carbocycles. The van der Waals surface area contributed by atoms with E-state index in [9.17, 15) is 9.59 Å². The Morgan fingerprint density at radius 3 is 2.59 bits per heavy atom. The van der Waals surface area contributed by atoms with Crippen LogP contribution in [0.4, 0.5) is 0 Å². The second kappa shape index (κ2) is 9.26. The molecule has 4 rings (SSSR count). The molecule has 0 aromatic heterocycles. The monoisotopic (exact) mass is 399 g/mol. The fourth-order valence-corrected chi connectivity index (χ4v) is 4.71. The largest absolute Gasteiger partial charge is 0.365 e. The number of carbonyl (C=O) groups excluding carboxylic acids is 2. The molecule has 2 saturated heterocycles. The smallest absolute Gasteiger partial charge is 0.248 e. The van der Waals surface area contributed by atoms with Gasteiger partial charge in [-0.1, -0.05) is 30.7 Å². The van der Waals surface area contributed by atoms with Gasteiger partial charge in [0, 0.05) is 38.3 Å². The summed E-state index contributed by atoms with van der Waals surface area (Å²) in [6.45, 7) is 5.37. The molecule has 3 aliphatic rings. The minimum absolute atomic E-state index is 0.000145. The molecule has 1 N–H and O–H groups in total. The van der Waals surface area contributed by atoms with Crippen molar-refractivity contribution in [2.24, 2.45) is 0 Å². The van der Waals surface area contributed by atoms with Crippen molar-refractivity contribution >= 4 is 11.8 Å². The van der Waals surface area contributed by atoms with Crippen molar-refractivity contribution < 1.29 is 14.3 Å². The number of rotatable bonds is 6. The van der Waals surface area contributed by atoms with Gasteiger partial charge in [0.1, 0.15) is 6.61 Å². The lowest BCUT2D eigenvalue weighted by Crippen LogP contribution is -2.57. The number of nitrogens with zero attached hydrogens (tertiary/aromatic N) is 2. The summed E-state index contributed by atoms with van der Waals surface area (Å²) >= 11 is 0. The van der Waals surface area contributed by atoms with E-state index in [4.69, 9.17) is 4.74 Å². The van der Waals surface area contributed by atoms with Gasteiger partial charge in [-0.2, -0.15) is 0 Å². The lowest BCUT2D eigenvalue weighted by atomic mass is 9.89. The van der Waals surface area contributed by atoms with Crippen LogP contribution in [0.15, 0.2) is 24.3 Å². The Hall–Kier alpha value is -1.92. The molecule has 0 bridgehead atoms. The van der Waals surface area contributed by atoms with Crippen molar-refractivity contribution in [1.29, 1.82) is 0 Å². The second-order valence-corrected chi connectivity index (χ2v) is 8.74. The first-order valence-corrected chi connectivity index (χ1v) is 11.1. The number of morpholine rings is 1. The number of amides is 2. The van der Waals surface area contributed by atoms with Crippen molar-refractivity contribution in [2.45, 2.75) is 63.6 Å². The predicted octanol–water partition coefficient (Wildman–Crippen LogP) is 1.90. The first-order valence-electron chi connectivity index (χ1n) is 11.1. The second-order valence-electron chi connectivity index (χ2n) is 8.74. The van der Waals surface area contributed by atoms with Crippen LogP contribution in [0.25, 0.3) is 0 Å². The Morgan fingerprint density at radius 1 is 1.14 bits per heavy atom. The van der Waals surface area contributed by atoms with E-state index in [2.05, 4.69) is 10.2 Å². The van der Waals surface area contributed by atoms with Crippen LogP contribution in [0.3, 0.4) is 0 Å². The molecule has 2 heterocycles. The molecular formula is C23H33N3O3. The van der Waals surface area contributed by atoms with Gasteiger partial charge >= 0.3 is 0 Å². The van der Waals surface area contributed by atoms with Crippen LogP contribution in [-0.4, -0.2) is 72.6 Å². The van der Waals surface area contributed by atoms with E-state index in [1.165, 1.54) is 19.3 Å². The van der Waals surface area contributed by atoms with Crippen molar-refractivity contribution in [1.82, 2.24) is 15.1 Å². The van der Waals surface area contributed by atoms with Crippen LogP contribution in [0.5, 0.6) is 0 Å². The van der Waals surface area contributed by atoms with E-state index < -0.39 is 0 Å². The highest BCUT2D eigenvalue weighted by molar-refractivity contribution is 5.79. The third kappa shape index (κ3) is 4.98. The highest BCUT2D eigenvalue weighted by Crippen LogP contribution is 2.29. The molecule has 158 valence electrons. The van der Waals surface area contributed by atoms with E-state index in [1.807, 2.05) is 36.1 Å². The molecule has 29 heavy (non-hydrogen) atoms. The van der Waals surface area contributed by atoms with Crippen LogP contribution in [-0.2, 0) is 20.7 Å². The first kappa shape index (κ1) is 20.4. The normalized spacial score (nSPS) is 24.4. The van der Waals surface area contributed by atoms with Gasteiger partial charge < -0.3 is 19.9 Å². The molecule has 1 aromatic carbocycles. The summed E-state index contributed by atoms with van der Waals surface area (Å²) in [6, 6.07) is 9.05. The van der Waals surface area contributed by atoms with Gasteiger partial charge in [0.15, 0.2) is 0 Å². The Balaban J connectivity index is 1.24. The fourth-order valence-electron chi connectivity index (χ4n) is 4.71. The summed E-state index contributed by atoms with van der Waals surface area (Å²) < 4.78 is 5.71. The average molecular weight is 400 g/mol. The average Bonchev–Trinajstić information content (AvgIpc) is 2.68. The summed E-state index contributed by atoms with van der Waals surface area (Å²) in [6.07, 6.45) is 6.39. The summed E-state index contributed by atoms with van der Waals surface area (Å²) in [5.41, 5.74) is 2.17. The number of likely N-dealkylation sites (tertiary alicyclic amines) is 1. The van der Waals surface area contributed by atoms with E-state index in [0.717, 1.165) is 43.1 Å². The molecule has 1 aliphatic carbocycles. The maximum Gasteiger partial charge on any atom is 0.248 e. The number of carbonyl (C=O) groups is 2. The lowest BCUT2D eigenvalue weighted by molar-refractivity contribution is -0.153. The molecular weight excluding hydrogens is 366 g/mol. The summed E-state index contributed by atoms with van der Waals surface area (Å²) in [4.78, 5) is 29.4. The topological polar surface area (TPSA) is 61.9 Å². The Morgan fingerprint density at radius 2 is 1.90 bits per heavy atom. The Labute approximate surface area is 173 Å². The maximum absolute atomic E-state index is 12.4. The van der Waals surface area contributed by atoms with Gasteiger partial charge in [-0.05, 0) is 43.7 Å². The van der Waals surface area contributed by atoms with Gasteiger partial charge in [0.25, 0.3) is 0 Å². The third-order valence-corrected chi connectivity index (χ3v) is 6.83. The SMILES string of the molecule is Cc1ccccc1CC(=O)NCC1CN(C2CCN(C3CCC3)CC2)C(=O)CO1. The van der Waals surface area contributed by atoms with E-state index in [1.54, 1.807) is 0 Å². The summed E-state index contributed by atoms with van der Waals surface area (Å²) in [5, 5.41) is 2.99. The fraction of sp³-hybridized carbons (Fsp3) is 0.652. The molecule has 1 unspecified atom stereocenters. The summed E-state index contributed by atoms with van der Waals surface area (Å²) in [5.74, 6) is 0.0923. The Kier molecular flexibility index (Phi) is 6.50. The van der Waals surface area contributed by atoms with Crippen LogP contribution in [0, 0.1) is 6.92 Å². The zero-order valence-electron chi connectivity index (χ0n) is 17.4. The summed E-state index contributed by atoms with van der Waals surface area (Å²) in [7, 11) is 0. The van der Waals surface area contributed by atoms with Gasteiger partial charge in [-0.25, -0.2) is 0 Å². The molecule has 3 fully saturated rings. The zero-order valence-corrected chi connectivity index (χ0v) is 17.4. The standard InChI is InChI=1S/C23H33N3O3/c1-17-5-2-3-6-18(17)13-22(27)24-14-21-15-26(23(28)16-29-21)20-9-11-25(12-10-20)19-7-4-8-19/h2-3,5-6,19-21H,4,7-16H2,1H3,(H,24,27). The first-order chi connectivity index (χ1) is 14.1. The molecule has 2 aliphatic heterocycles. The molecule has 6 heteroatoms. The number of benzene rings is 1. The van der Waals surface area contributed by atoms with Crippen molar-refractivity contribution in [3.63, 3.8) is 0 Å². The van der Waals surface area contributed by atoms with Crippen molar-refractivity contribution in [3.8, 4) is 0 Å². The van der Waals surface area contributed by atoms with Crippen molar-refractivity contribution in [3.05, 3.63) is 35.4 Å². The molecule has 2 amide bonds. The van der Waals surface area contributed by atoms with Crippen LogP contribution in [0.2, 0.25) is 0 Å². The minimum atomic E-state index is -0.127. The van der Waals surface area contributed by atoms with Gasteiger partial charge in [0.2, 0.25) is 11.8 Å². The van der Waals surface area contributed by atoms with E-state index in [-0.39, 0.29) is 24.5 Å². The van der Waals surface area contributed by atoms with Crippen LogP contribution < -0.4 is 5.32 Å². The molecule has 0 radical (unpaired) electrons. The van der Waals surface area contributed by atoms with Crippen LogP contribution >= 0.6 is 0 Å².